The molecule has 1 atom stereocenters. The molecule has 27 heavy (non-hydrogen) atoms. The summed E-state index contributed by atoms with van der Waals surface area (Å²) in [4.78, 5) is 16.0. The highest BCUT2D eigenvalue weighted by atomic mass is 16.6. The first-order chi connectivity index (χ1) is 12.9. The summed E-state index contributed by atoms with van der Waals surface area (Å²) in [6.45, 7) is 12.8. The van der Waals surface area contributed by atoms with Crippen molar-refractivity contribution in [1.82, 2.24) is 9.80 Å². The number of rotatable bonds is 7. The van der Waals surface area contributed by atoms with Crippen LogP contribution in [-0.2, 0) is 10.2 Å². The molecule has 5 heteroatoms. The topological polar surface area (TPSA) is 56.6 Å². The summed E-state index contributed by atoms with van der Waals surface area (Å²) in [5, 5.41) is 10.1. The quantitative estimate of drug-likeness (QED) is 0.728. The van der Waals surface area contributed by atoms with Gasteiger partial charge < -0.3 is 9.64 Å². The van der Waals surface area contributed by atoms with Crippen LogP contribution < -0.4 is 0 Å². The molecule has 5 nitrogen and oxygen atoms in total. The summed E-state index contributed by atoms with van der Waals surface area (Å²) in [6, 6.07) is 10.9. The van der Waals surface area contributed by atoms with E-state index in [0.717, 1.165) is 38.0 Å². The average Bonchev–Trinajstić information content (AvgIpc) is 2.66. The fourth-order valence-corrected chi connectivity index (χ4v) is 4.00. The van der Waals surface area contributed by atoms with E-state index in [2.05, 4.69) is 43.9 Å². The van der Waals surface area contributed by atoms with Crippen LogP contribution in [-0.4, -0.2) is 55.2 Å². The molecule has 1 aliphatic rings. The number of piperazine rings is 1. The van der Waals surface area contributed by atoms with Crippen molar-refractivity contribution < 1.29 is 9.53 Å². The van der Waals surface area contributed by atoms with Gasteiger partial charge in [-0.25, -0.2) is 4.79 Å². The van der Waals surface area contributed by atoms with E-state index in [1.54, 1.807) is 4.90 Å². The predicted octanol–water partition coefficient (Wildman–Crippen LogP) is 3.97. The minimum Gasteiger partial charge on any atom is -0.450 e. The number of ether oxygens (including phenoxy) is 1. The van der Waals surface area contributed by atoms with E-state index < -0.39 is 5.41 Å². The van der Waals surface area contributed by atoms with Crippen LogP contribution in [0, 0.1) is 24.2 Å². The monoisotopic (exact) mass is 371 g/mol. The summed E-state index contributed by atoms with van der Waals surface area (Å²) in [5.74, 6) is 0.254. The zero-order valence-corrected chi connectivity index (χ0v) is 17.2. The zero-order chi connectivity index (χ0) is 19.9. The van der Waals surface area contributed by atoms with Crippen LogP contribution in [0.25, 0.3) is 0 Å². The molecule has 1 aliphatic heterocycles. The van der Waals surface area contributed by atoms with Crippen molar-refractivity contribution >= 4 is 6.09 Å². The van der Waals surface area contributed by atoms with Gasteiger partial charge in [0.2, 0.25) is 0 Å². The van der Waals surface area contributed by atoms with E-state index in [1.807, 2.05) is 19.1 Å². The Hall–Kier alpha value is -2.06. The minimum atomic E-state index is -0.446. The van der Waals surface area contributed by atoms with E-state index in [0.29, 0.717) is 19.7 Å². The van der Waals surface area contributed by atoms with Crippen molar-refractivity contribution in [3.05, 3.63) is 35.4 Å². The normalized spacial score (nSPS) is 17.4. The first kappa shape index (κ1) is 21.2. The van der Waals surface area contributed by atoms with E-state index in [4.69, 9.17) is 4.74 Å². The van der Waals surface area contributed by atoms with Crippen LogP contribution in [0.1, 0.15) is 44.7 Å². The molecule has 0 spiro atoms. The van der Waals surface area contributed by atoms with Gasteiger partial charge in [0.05, 0.1) is 18.1 Å². The number of carbonyl (C=O) groups is 1. The lowest BCUT2D eigenvalue weighted by Gasteiger charge is -2.36. The Balaban J connectivity index is 1.93. The van der Waals surface area contributed by atoms with Gasteiger partial charge in [-0.05, 0) is 50.3 Å². The fourth-order valence-electron chi connectivity index (χ4n) is 4.00. The summed E-state index contributed by atoms with van der Waals surface area (Å²) in [5.41, 5.74) is 1.91. The SMILES string of the molecule is CCOC(=O)N1CCN(CCC[C@@](C#N)(c2ccccc2C)C(C)C)CC1. The van der Waals surface area contributed by atoms with E-state index in [1.165, 1.54) is 5.56 Å². The second-order valence-corrected chi connectivity index (χ2v) is 7.68. The van der Waals surface area contributed by atoms with Crippen molar-refractivity contribution in [2.75, 3.05) is 39.3 Å². The maximum Gasteiger partial charge on any atom is 0.409 e. The second-order valence-electron chi connectivity index (χ2n) is 7.68. The van der Waals surface area contributed by atoms with Gasteiger partial charge in [-0.3, -0.25) is 4.90 Å². The molecule has 1 aromatic carbocycles. The number of nitrogens with zero attached hydrogens (tertiary/aromatic N) is 3. The molecule has 0 unspecified atom stereocenters. The summed E-state index contributed by atoms with van der Waals surface area (Å²) < 4.78 is 5.08. The van der Waals surface area contributed by atoms with Crippen LogP contribution in [0.2, 0.25) is 0 Å². The third-order valence-electron chi connectivity index (χ3n) is 5.75. The summed E-state index contributed by atoms with van der Waals surface area (Å²) in [7, 11) is 0. The van der Waals surface area contributed by atoms with Crippen LogP contribution >= 0.6 is 0 Å². The molecular weight excluding hydrogens is 338 g/mol. The fraction of sp³-hybridized carbons (Fsp3) is 0.636. The van der Waals surface area contributed by atoms with E-state index in [-0.39, 0.29) is 12.0 Å². The van der Waals surface area contributed by atoms with Gasteiger partial charge in [-0.1, -0.05) is 38.1 Å². The standard InChI is InChI=1S/C22H33N3O2/c1-5-27-21(26)25-15-13-24(14-16-25)12-8-11-22(17-23,18(2)3)20-10-7-6-9-19(20)4/h6-7,9-10,18H,5,8,11-16H2,1-4H3/t22-/m0/s1. The maximum absolute atomic E-state index is 11.8. The second kappa shape index (κ2) is 9.75. The van der Waals surface area contributed by atoms with Crippen LogP contribution in [0.15, 0.2) is 24.3 Å². The van der Waals surface area contributed by atoms with Crippen LogP contribution in [0.4, 0.5) is 4.79 Å². The lowest BCUT2D eigenvalue weighted by molar-refractivity contribution is 0.0787. The largest absolute Gasteiger partial charge is 0.450 e. The number of carbonyl (C=O) groups excluding carboxylic acids is 1. The summed E-state index contributed by atoms with van der Waals surface area (Å²) >= 11 is 0. The molecule has 0 N–H and O–H groups in total. The molecule has 1 amide bonds. The Labute approximate surface area is 163 Å². The van der Waals surface area contributed by atoms with Gasteiger partial charge in [-0.15, -0.1) is 0 Å². The number of hydrogen-bond acceptors (Lipinski definition) is 4. The molecule has 1 heterocycles. The molecule has 1 aromatic rings. The molecule has 0 saturated carbocycles. The Kier molecular flexibility index (Phi) is 7.67. The molecule has 0 aromatic heterocycles. The number of aryl methyl sites for hydroxylation is 1. The van der Waals surface area contributed by atoms with Crippen LogP contribution in [0.3, 0.4) is 0 Å². The number of hydrogen-bond donors (Lipinski definition) is 0. The molecule has 1 saturated heterocycles. The van der Waals surface area contributed by atoms with Gasteiger partial charge in [0.25, 0.3) is 0 Å². The zero-order valence-electron chi connectivity index (χ0n) is 17.2. The highest BCUT2D eigenvalue weighted by Crippen LogP contribution is 2.38. The Morgan fingerprint density at radius 1 is 1.26 bits per heavy atom. The lowest BCUT2D eigenvalue weighted by Crippen LogP contribution is -2.49. The van der Waals surface area contributed by atoms with Crippen LogP contribution in [0.5, 0.6) is 0 Å². The van der Waals surface area contributed by atoms with Crippen molar-refractivity contribution in [3.8, 4) is 6.07 Å². The Morgan fingerprint density at radius 2 is 1.93 bits per heavy atom. The molecule has 0 aliphatic carbocycles. The Bertz CT molecular complexity index is 660. The lowest BCUT2D eigenvalue weighted by atomic mass is 9.68. The van der Waals surface area contributed by atoms with E-state index in [9.17, 15) is 10.1 Å². The third kappa shape index (κ3) is 5.01. The third-order valence-corrected chi connectivity index (χ3v) is 5.75. The molecule has 0 bridgehead atoms. The first-order valence-corrected chi connectivity index (χ1v) is 10.1. The van der Waals surface area contributed by atoms with Crippen molar-refractivity contribution in [3.63, 3.8) is 0 Å². The van der Waals surface area contributed by atoms with Crippen molar-refractivity contribution in [2.45, 2.75) is 46.0 Å². The van der Waals surface area contributed by atoms with Gasteiger partial charge >= 0.3 is 6.09 Å². The highest BCUT2D eigenvalue weighted by Gasteiger charge is 2.36. The maximum atomic E-state index is 11.8. The van der Waals surface area contributed by atoms with Gasteiger partial charge in [0.15, 0.2) is 0 Å². The van der Waals surface area contributed by atoms with Gasteiger partial charge in [0.1, 0.15) is 0 Å². The molecule has 1 fully saturated rings. The van der Waals surface area contributed by atoms with Crippen molar-refractivity contribution in [2.24, 2.45) is 5.92 Å². The van der Waals surface area contributed by atoms with Gasteiger partial charge in [0, 0.05) is 26.2 Å². The average molecular weight is 372 g/mol. The number of amides is 1. The highest BCUT2D eigenvalue weighted by molar-refractivity contribution is 5.67. The van der Waals surface area contributed by atoms with Gasteiger partial charge in [-0.2, -0.15) is 5.26 Å². The predicted molar refractivity (Wildman–Crippen MR) is 108 cm³/mol. The number of nitriles is 1. The molecule has 148 valence electrons. The van der Waals surface area contributed by atoms with E-state index >= 15 is 0 Å². The van der Waals surface area contributed by atoms with Crippen molar-refractivity contribution in [1.29, 1.82) is 5.26 Å². The first-order valence-electron chi connectivity index (χ1n) is 10.1. The smallest absolute Gasteiger partial charge is 0.409 e. The summed E-state index contributed by atoms with van der Waals surface area (Å²) in [6.07, 6.45) is 1.61. The minimum absolute atomic E-state index is 0.208. The Morgan fingerprint density at radius 3 is 2.48 bits per heavy atom. The molecular formula is C22H33N3O2. The number of benzene rings is 1. The molecule has 2 rings (SSSR count). The molecule has 0 radical (unpaired) electrons.